The van der Waals surface area contributed by atoms with Gasteiger partial charge in [0, 0.05) is 11.3 Å². The number of anilines is 1. The molecule has 2 rings (SSSR count). The van der Waals surface area contributed by atoms with Crippen LogP contribution in [0.3, 0.4) is 0 Å². The molecule has 1 amide bonds. The molecule has 21 heavy (non-hydrogen) atoms. The molecule has 6 nitrogen and oxygen atoms in total. The molecule has 6 heteroatoms. The van der Waals surface area contributed by atoms with Gasteiger partial charge in [-0.05, 0) is 32.0 Å². The van der Waals surface area contributed by atoms with Crippen molar-refractivity contribution in [3.8, 4) is 12.3 Å². The van der Waals surface area contributed by atoms with Gasteiger partial charge in [0.25, 0.3) is 0 Å². The van der Waals surface area contributed by atoms with Gasteiger partial charge in [-0.2, -0.15) is 4.98 Å². The van der Waals surface area contributed by atoms with Crippen molar-refractivity contribution >= 4 is 11.6 Å². The van der Waals surface area contributed by atoms with E-state index in [0.717, 1.165) is 11.3 Å². The second-order valence-corrected chi connectivity index (χ2v) is 4.54. The maximum absolute atomic E-state index is 12.0. The number of nitrogens with zero attached hydrogens (tertiary/aromatic N) is 2. The molecule has 0 fully saturated rings. The number of carbonyl (C=O) groups excluding carboxylic acids is 1. The number of nitrogens with one attached hydrogen (secondary N) is 2. The van der Waals surface area contributed by atoms with Crippen molar-refractivity contribution in [1.29, 1.82) is 0 Å². The van der Waals surface area contributed by atoms with Crippen molar-refractivity contribution in [2.45, 2.75) is 26.4 Å². The van der Waals surface area contributed by atoms with E-state index in [2.05, 4.69) is 26.7 Å². The molecule has 0 saturated heterocycles. The van der Waals surface area contributed by atoms with E-state index in [4.69, 9.17) is 10.9 Å². The minimum atomic E-state index is -0.415. The number of aromatic nitrogens is 2. The molecule has 1 aromatic heterocycles. The van der Waals surface area contributed by atoms with Crippen LogP contribution < -0.4 is 10.6 Å². The molecule has 2 aromatic rings. The Kier molecular flexibility index (Phi) is 4.57. The van der Waals surface area contributed by atoms with Gasteiger partial charge in [0.05, 0.1) is 6.54 Å². The quantitative estimate of drug-likeness (QED) is 0.813. The number of hydrogen-bond acceptors (Lipinski definition) is 5. The highest BCUT2D eigenvalue weighted by molar-refractivity contribution is 5.84. The Labute approximate surface area is 122 Å². The fourth-order valence-corrected chi connectivity index (χ4v) is 1.74. The minimum absolute atomic E-state index is 0.169. The Bertz CT molecular complexity index is 672. The van der Waals surface area contributed by atoms with Gasteiger partial charge in [0.1, 0.15) is 6.04 Å². The monoisotopic (exact) mass is 284 g/mol. The van der Waals surface area contributed by atoms with Crippen LogP contribution in [0.25, 0.3) is 0 Å². The average molecular weight is 284 g/mol. The fraction of sp³-hybridized carbons (Fsp3) is 0.267. The fourth-order valence-electron chi connectivity index (χ4n) is 1.74. The molecule has 2 N–H and O–H groups in total. The minimum Gasteiger partial charge on any atom is -0.374 e. The zero-order valence-corrected chi connectivity index (χ0v) is 11.9. The summed E-state index contributed by atoms with van der Waals surface area (Å²) in [5, 5.41) is 9.46. The van der Waals surface area contributed by atoms with Crippen LogP contribution in [0.5, 0.6) is 0 Å². The van der Waals surface area contributed by atoms with Gasteiger partial charge in [-0.25, -0.2) is 0 Å². The van der Waals surface area contributed by atoms with E-state index in [1.165, 1.54) is 0 Å². The highest BCUT2D eigenvalue weighted by Crippen LogP contribution is 2.11. The first-order chi connectivity index (χ1) is 10.1. The van der Waals surface area contributed by atoms with Gasteiger partial charge < -0.3 is 15.2 Å². The van der Waals surface area contributed by atoms with Crippen molar-refractivity contribution < 1.29 is 9.32 Å². The van der Waals surface area contributed by atoms with Crippen LogP contribution in [-0.4, -0.2) is 22.1 Å². The van der Waals surface area contributed by atoms with Crippen molar-refractivity contribution in [1.82, 2.24) is 15.5 Å². The Morgan fingerprint density at radius 1 is 1.52 bits per heavy atom. The van der Waals surface area contributed by atoms with Gasteiger partial charge in [-0.1, -0.05) is 17.1 Å². The number of amides is 1. The van der Waals surface area contributed by atoms with Crippen LogP contribution in [0.1, 0.15) is 24.2 Å². The number of carbonyl (C=O) groups is 1. The lowest BCUT2D eigenvalue weighted by Gasteiger charge is -2.14. The van der Waals surface area contributed by atoms with Crippen LogP contribution in [0, 0.1) is 19.3 Å². The summed E-state index contributed by atoms with van der Waals surface area (Å²) in [7, 11) is 0. The van der Waals surface area contributed by atoms with Gasteiger partial charge in [0.15, 0.2) is 5.82 Å². The van der Waals surface area contributed by atoms with Crippen LogP contribution in [0.15, 0.2) is 28.8 Å². The van der Waals surface area contributed by atoms with Crippen LogP contribution in [-0.2, 0) is 11.3 Å². The van der Waals surface area contributed by atoms with E-state index in [1.807, 2.05) is 24.3 Å². The first kappa shape index (κ1) is 14.6. The van der Waals surface area contributed by atoms with E-state index in [1.54, 1.807) is 13.8 Å². The van der Waals surface area contributed by atoms with Gasteiger partial charge in [0.2, 0.25) is 11.8 Å². The third kappa shape index (κ3) is 4.08. The normalized spacial score (nSPS) is 11.5. The molecule has 0 aliphatic rings. The third-order valence-electron chi connectivity index (χ3n) is 2.79. The summed E-state index contributed by atoms with van der Waals surface area (Å²) in [6, 6.07) is 6.91. The number of terminal acetylenes is 1. The first-order valence-electron chi connectivity index (χ1n) is 6.48. The summed E-state index contributed by atoms with van der Waals surface area (Å²) in [5.41, 5.74) is 1.55. The lowest BCUT2D eigenvalue weighted by molar-refractivity contribution is -0.121. The molecule has 108 valence electrons. The Morgan fingerprint density at radius 2 is 2.33 bits per heavy atom. The molecule has 0 aliphatic heterocycles. The van der Waals surface area contributed by atoms with Crippen LogP contribution >= 0.6 is 0 Å². The number of rotatable bonds is 5. The standard InChI is InChI=1S/C15H16N4O2/c1-4-12-6-5-7-13(8-12)17-10(2)15(20)16-9-14-18-11(3)19-21-14/h1,5-8,10,17H,9H2,2-3H3,(H,16,20). The van der Waals surface area contributed by atoms with Gasteiger partial charge >= 0.3 is 0 Å². The number of hydrogen-bond donors (Lipinski definition) is 2. The van der Waals surface area contributed by atoms with E-state index >= 15 is 0 Å². The predicted molar refractivity (Wildman–Crippen MR) is 78.3 cm³/mol. The summed E-state index contributed by atoms with van der Waals surface area (Å²) < 4.78 is 4.92. The highest BCUT2D eigenvalue weighted by atomic mass is 16.5. The second kappa shape index (κ2) is 6.57. The topological polar surface area (TPSA) is 80.0 Å². The molecule has 0 radical (unpaired) electrons. The molecule has 1 atom stereocenters. The maximum Gasteiger partial charge on any atom is 0.246 e. The third-order valence-corrected chi connectivity index (χ3v) is 2.79. The lowest BCUT2D eigenvalue weighted by atomic mass is 10.2. The molecule has 0 spiro atoms. The largest absolute Gasteiger partial charge is 0.374 e. The van der Waals surface area contributed by atoms with Gasteiger partial charge in [-0.15, -0.1) is 6.42 Å². The number of benzene rings is 1. The van der Waals surface area contributed by atoms with Crippen LogP contribution in [0.2, 0.25) is 0 Å². The molecule has 1 aromatic carbocycles. The maximum atomic E-state index is 12.0. The zero-order valence-electron chi connectivity index (χ0n) is 11.9. The lowest BCUT2D eigenvalue weighted by Crippen LogP contribution is -2.37. The Morgan fingerprint density at radius 3 is 3.00 bits per heavy atom. The first-order valence-corrected chi connectivity index (χ1v) is 6.48. The van der Waals surface area contributed by atoms with E-state index in [-0.39, 0.29) is 12.5 Å². The van der Waals surface area contributed by atoms with Crippen molar-refractivity contribution in [3.05, 3.63) is 41.5 Å². The summed E-state index contributed by atoms with van der Waals surface area (Å²) in [6.07, 6.45) is 5.34. The smallest absolute Gasteiger partial charge is 0.246 e. The summed E-state index contributed by atoms with van der Waals surface area (Å²) >= 11 is 0. The average Bonchev–Trinajstić information content (AvgIpc) is 2.90. The molecule has 0 aliphatic carbocycles. The summed E-state index contributed by atoms with van der Waals surface area (Å²) in [6.45, 7) is 3.69. The Balaban J connectivity index is 1.88. The highest BCUT2D eigenvalue weighted by Gasteiger charge is 2.13. The molecule has 1 unspecified atom stereocenters. The Hall–Kier alpha value is -2.81. The molecule has 0 bridgehead atoms. The number of aryl methyl sites for hydroxylation is 1. The van der Waals surface area contributed by atoms with Gasteiger partial charge in [-0.3, -0.25) is 4.79 Å². The van der Waals surface area contributed by atoms with E-state index < -0.39 is 6.04 Å². The zero-order chi connectivity index (χ0) is 15.2. The van der Waals surface area contributed by atoms with Crippen molar-refractivity contribution in [2.75, 3.05) is 5.32 Å². The summed E-state index contributed by atoms with van der Waals surface area (Å²) in [5.74, 6) is 3.30. The van der Waals surface area contributed by atoms with E-state index in [9.17, 15) is 4.79 Å². The van der Waals surface area contributed by atoms with Crippen molar-refractivity contribution in [2.24, 2.45) is 0 Å². The molecular formula is C15H16N4O2. The van der Waals surface area contributed by atoms with Crippen LogP contribution in [0.4, 0.5) is 5.69 Å². The molecule has 1 heterocycles. The summed E-state index contributed by atoms with van der Waals surface area (Å²) in [4.78, 5) is 16.0. The van der Waals surface area contributed by atoms with Crippen molar-refractivity contribution in [3.63, 3.8) is 0 Å². The molecular weight excluding hydrogens is 268 g/mol. The second-order valence-electron chi connectivity index (χ2n) is 4.54. The van der Waals surface area contributed by atoms with E-state index in [0.29, 0.717) is 11.7 Å². The SMILES string of the molecule is C#Cc1cccc(NC(C)C(=O)NCc2nc(C)no2)c1. The molecule has 0 saturated carbocycles. The predicted octanol–water partition coefficient (Wildman–Crippen LogP) is 1.48.